The lowest BCUT2D eigenvalue weighted by Crippen LogP contribution is -2.11. The van der Waals surface area contributed by atoms with Gasteiger partial charge in [0.05, 0.1) is 8.95 Å². The summed E-state index contributed by atoms with van der Waals surface area (Å²) in [7, 11) is 0. The molecule has 0 heterocycles. The summed E-state index contributed by atoms with van der Waals surface area (Å²) in [5.41, 5.74) is 0. The van der Waals surface area contributed by atoms with Crippen molar-refractivity contribution in [3.8, 4) is 11.5 Å². The van der Waals surface area contributed by atoms with Crippen LogP contribution < -0.4 is 9.47 Å². The van der Waals surface area contributed by atoms with Gasteiger partial charge in [-0.15, -0.1) is 0 Å². The van der Waals surface area contributed by atoms with E-state index in [2.05, 4.69) is 31.9 Å². The van der Waals surface area contributed by atoms with Gasteiger partial charge in [0.2, 0.25) is 0 Å². The molecule has 0 unspecified atom stereocenters. The van der Waals surface area contributed by atoms with Crippen molar-refractivity contribution in [3.05, 3.63) is 21.1 Å². The first kappa shape index (κ1) is 14.8. The minimum absolute atomic E-state index is 0.312. The molecule has 2 N–H and O–H groups in total. The van der Waals surface area contributed by atoms with Crippen LogP contribution in [0.15, 0.2) is 21.1 Å². The zero-order valence-electron chi connectivity index (χ0n) is 8.85. The van der Waals surface area contributed by atoms with Crippen LogP contribution in [0.5, 0.6) is 11.5 Å². The number of benzene rings is 1. The van der Waals surface area contributed by atoms with E-state index < -0.39 is 25.2 Å². The summed E-state index contributed by atoms with van der Waals surface area (Å²) >= 11 is 6.34. The lowest BCUT2D eigenvalue weighted by molar-refractivity contribution is -0.140. The van der Waals surface area contributed by atoms with Crippen molar-refractivity contribution in [1.29, 1.82) is 0 Å². The standard InChI is InChI=1S/C10H8Br2O6/c11-5-1-7(17-3-9(13)14)6(12)2-8(5)18-4-10(15)16/h1-2H,3-4H2,(H,13,14)(H,15,16). The second-order valence-corrected chi connectivity index (χ2v) is 4.79. The highest BCUT2D eigenvalue weighted by molar-refractivity contribution is 9.11. The van der Waals surface area contributed by atoms with Crippen LogP contribution in [0.25, 0.3) is 0 Å². The van der Waals surface area contributed by atoms with E-state index in [1.54, 1.807) is 0 Å². The van der Waals surface area contributed by atoms with Crippen LogP contribution in [0.4, 0.5) is 0 Å². The molecule has 1 aromatic rings. The highest BCUT2D eigenvalue weighted by Crippen LogP contribution is 2.36. The maximum absolute atomic E-state index is 10.4. The van der Waals surface area contributed by atoms with Crippen molar-refractivity contribution in [2.45, 2.75) is 0 Å². The molecule has 18 heavy (non-hydrogen) atoms. The van der Waals surface area contributed by atoms with E-state index in [4.69, 9.17) is 19.7 Å². The molecule has 1 aromatic carbocycles. The van der Waals surface area contributed by atoms with Crippen molar-refractivity contribution in [3.63, 3.8) is 0 Å². The van der Waals surface area contributed by atoms with Crippen LogP contribution in [0.2, 0.25) is 0 Å². The summed E-state index contributed by atoms with van der Waals surface area (Å²) in [6.07, 6.45) is 0. The highest BCUT2D eigenvalue weighted by atomic mass is 79.9. The lowest BCUT2D eigenvalue weighted by atomic mass is 10.3. The molecule has 0 atom stereocenters. The Morgan fingerprint density at radius 2 is 1.28 bits per heavy atom. The Bertz CT molecular complexity index is 430. The van der Waals surface area contributed by atoms with Gasteiger partial charge in [-0.2, -0.15) is 0 Å². The predicted molar refractivity (Wildman–Crippen MR) is 68.1 cm³/mol. The molecule has 0 bridgehead atoms. The first-order chi connectivity index (χ1) is 8.40. The van der Waals surface area contributed by atoms with Crippen molar-refractivity contribution in [2.24, 2.45) is 0 Å². The monoisotopic (exact) mass is 382 g/mol. The van der Waals surface area contributed by atoms with Crippen LogP contribution >= 0.6 is 31.9 Å². The average molecular weight is 384 g/mol. The fourth-order valence-electron chi connectivity index (χ4n) is 1.01. The Kier molecular flexibility index (Phi) is 5.42. The van der Waals surface area contributed by atoms with Crippen LogP contribution in [0.3, 0.4) is 0 Å². The van der Waals surface area contributed by atoms with Gasteiger partial charge in [-0.3, -0.25) is 0 Å². The molecule has 0 amide bonds. The number of hydrogen-bond donors (Lipinski definition) is 2. The molecule has 0 aliphatic rings. The maximum Gasteiger partial charge on any atom is 0.341 e. The molecule has 0 saturated heterocycles. The van der Waals surface area contributed by atoms with Gasteiger partial charge in [0.25, 0.3) is 0 Å². The van der Waals surface area contributed by atoms with E-state index in [9.17, 15) is 9.59 Å². The number of hydrogen-bond acceptors (Lipinski definition) is 4. The molecular formula is C10H8Br2O6. The molecule has 98 valence electrons. The smallest absolute Gasteiger partial charge is 0.341 e. The predicted octanol–water partition coefficient (Wildman–Crippen LogP) is 2.14. The van der Waals surface area contributed by atoms with E-state index >= 15 is 0 Å². The summed E-state index contributed by atoms with van der Waals surface area (Å²) in [6, 6.07) is 2.98. The molecule has 0 spiro atoms. The number of rotatable bonds is 6. The minimum Gasteiger partial charge on any atom is -0.481 e. The van der Waals surface area contributed by atoms with Crippen molar-refractivity contribution >= 4 is 43.8 Å². The van der Waals surface area contributed by atoms with Gasteiger partial charge < -0.3 is 19.7 Å². The van der Waals surface area contributed by atoms with E-state index in [1.807, 2.05) is 0 Å². The van der Waals surface area contributed by atoms with Crippen LogP contribution in [-0.4, -0.2) is 35.4 Å². The van der Waals surface area contributed by atoms with E-state index in [-0.39, 0.29) is 0 Å². The third-order valence-corrected chi connectivity index (χ3v) is 2.93. The normalized spacial score (nSPS) is 9.89. The van der Waals surface area contributed by atoms with Crippen LogP contribution in [0.1, 0.15) is 0 Å². The maximum atomic E-state index is 10.4. The number of halogens is 2. The Labute approximate surface area is 119 Å². The topological polar surface area (TPSA) is 93.1 Å². The Morgan fingerprint density at radius 3 is 1.56 bits per heavy atom. The Balaban J connectivity index is 2.82. The summed E-state index contributed by atoms with van der Waals surface area (Å²) < 4.78 is 11.0. The first-order valence-corrected chi connectivity index (χ1v) is 6.17. The highest BCUT2D eigenvalue weighted by Gasteiger charge is 2.11. The van der Waals surface area contributed by atoms with Gasteiger partial charge in [-0.1, -0.05) is 0 Å². The number of carboxylic acid groups (broad SMARTS) is 2. The van der Waals surface area contributed by atoms with Gasteiger partial charge in [-0.25, -0.2) is 9.59 Å². The molecule has 0 aromatic heterocycles. The molecule has 0 aliphatic carbocycles. The molecule has 6 nitrogen and oxygen atoms in total. The van der Waals surface area contributed by atoms with Crippen molar-refractivity contribution in [2.75, 3.05) is 13.2 Å². The Morgan fingerprint density at radius 1 is 0.944 bits per heavy atom. The minimum atomic E-state index is -1.09. The largest absolute Gasteiger partial charge is 0.481 e. The fraction of sp³-hybridized carbons (Fsp3) is 0.200. The number of aliphatic carboxylic acids is 2. The second-order valence-electron chi connectivity index (χ2n) is 3.08. The molecule has 1 rings (SSSR count). The van der Waals surface area contributed by atoms with Crippen LogP contribution in [0, 0.1) is 0 Å². The molecule has 0 aliphatic heterocycles. The van der Waals surface area contributed by atoms with Gasteiger partial charge in [-0.05, 0) is 44.0 Å². The summed E-state index contributed by atoms with van der Waals surface area (Å²) in [5.74, 6) is -1.56. The third-order valence-electron chi connectivity index (χ3n) is 1.69. The van der Waals surface area contributed by atoms with E-state index in [0.29, 0.717) is 20.4 Å². The van der Waals surface area contributed by atoms with Gasteiger partial charge >= 0.3 is 11.9 Å². The van der Waals surface area contributed by atoms with Gasteiger partial charge in [0, 0.05) is 0 Å². The molecule has 0 radical (unpaired) electrons. The van der Waals surface area contributed by atoms with Crippen molar-refractivity contribution < 1.29 is 29.3 Å². The number of carboxylic acids is 2. The number of ether oxygens (including phenoxy) is 2. The van der Waals surface area contributed by atoms with Gasteiger partial charge in [0.1, 0.15) is 11.5 Å². The Hall–Kier alpha value is -1.28. The zero-order valence-corrected chi connectivity index (χ0v) is 12.0. The second kappa shape index (κ2) is 6.60. The molecular weight excluding hydrogens is 376 g/mol. The SMILES string of the molecule is O=C(O)COc1cc(Br)c(OCC(=O)O)cc1Br. The quantitative estimate of drug-likeness (QED) is 0.781. The average Bonchev–Trinajstić information content (AvgIpc) is 2.27. The van der Waals surface area contributed by atoms with Crippen molar-refractivity contribution in [1.82, 2.24) is 0 Å². The van der Waals surface area contributed by atoms with Gasteiger partial charge in [0.15, 0.2) is 13.2 Å². The zero-order chi connectivity index (χ0) is 13.7. The van der Waals surface area contributed by atoms with E-state index in [0.717, 1.165) is 0 Å². The summed E-state index contributed by atoms with van der Waals surface area (Å²) in [6.45, 7) is -0.944. The molecule has 8 heteroatoms. The molecule has 0 saturated carbocycles. The fourth-order valence-corrected chi connectivity index (χ4v) is 1.88. The summed E-state index contributed by atoms with van der Waals surface area (Å²) in [5, 5.41) is 17.0. The summed E-state index contributed by atoms with van der Waals surface area (Å²) in [4.78, 5) is 20.7. The number of carbonyl (C=O) groups is 2. The van der Waals surface area contributed by atoms with E-state index in [1.165, 1.54) is 12.1 Å². The first-order valence-electron chi connectivity index (χ1n) is 4.58. The van der Waals surface area contributed by atoms with Crippen LogP contribution in [-0.2, 0) is 9.59 Å². The third kappa shape index (κ3) is 4.53. The lowest BCUT2D eigenvalue weighted by Gasteiger charge is -2.10. The molecule has 0 fully saturated rings.